The van der Waals surface area contributed by atoms with E-state index in [0.29, 0.717) is 17.0 Å². The number of methoxy groups -OCH3 is 1. The van der Waals surface area contributed by atoms with Crippen molar-refractivity contribution < 1.29 is 19.1 Å². The summed E-state index contributed by atoms with van der Waals surface area (Å²) in [6.45, 7) is 3.83. The van der Waals surface area contributed by atoms with Crippen molar-refractivity contribution in [3.05, 3.63) is 71.2 Å². The minimum absolute atomic E-state index is 0.0648. The molecule has 1 fully saturated rings. The molecule has 1 atom stereocenters. The number of amides is 3. The first kappa shape index (κ1) is 19.8. The van der Waals surface area contributed by atoms with Crippen LogP contribution in [0.3, 0.4) is 0 Å². The van der Waals surface area contributed by atoms with Crippen molar-refractivity contribution in [2.75, 3.05) is 18.6 Å². The molecular formula is C21H19BrN2O4. The molecule has 0 aliphatic carbocycles. The molecule has 6 nitrogen and oxygen atoms in total. The van der Waals surface area contributed by atoms with E-state index in [1.807, 2.05) is 0 Å². The Hall–Kier alpha value is -2.93. The number of benzene rings is 2. The fraction of sp³-hybridized carbons (Fsp3) is 0.190. The third kappa shape index (κ3) is 3.84. The van der Waals surface area contributed by atoms with Crippen molar-refractivity contribution in [2.24, 2.45) is 0 Å². The molecule has 0 bridgehead atoms. The van der Waals surface area contributed by atoms with Crippen LogP contribution in [0, 0.1) is 0 Å². The van der Waals surface area contributed by atoms with E-state index < -0.39 is 11.9 Å². The molecule has 0 aromatic heterocycles. The predicted octanol–water partition coefficient (Wildman–Crippen LogP) is 3.42. The number of hydrogen-bond donors (Lipinski definition) is 0. The summed E-state index contributed by atoms with van der Waals surface area (Å²) in [5.74, 6) is -0.475. The third-order valence-electron chi connectivity index (χ3n) is 4.51. The highest BCUT2D eigenvalue weighted by atomic mass is 79.9. The van der Waals surface area contributed by atoms with E-state index >= 15 is 0 Å². The highest BCUT2D eigenvalue weighted by Gasteiger charge is 2.44. The molecule has 0 saturated carbocycles. The topological polar surface area (TPSA) is 66.9 Å². The van der Waals surface area contributed by atoms with E-state index in [4.69, 9.17) is 4.74 Å². The van der Waals surface area contributed by atoms with Crippen molar-refractivity contribution in [3.8, 4) is 5.75 Å². The molecule has 28 heavy (non-hydrogen) atoms. The summed E-state index contributed by atoms with van der Waals surface area (Å²) in [6.07, 6.45) is 1.48. The van der Waals surface area contributed by atoms with E-state index in [0.717, 1.165) is 9.37 Å². The Kier molecular flexibility index (Phi) is 5.94. The van der Waals surface area contributed by atoms with E-state index in [9.17, 15) is 14.4 Å². The lowest BCUT2D eigenvalue weighted by molar-refractivity contribution is -0.122. The number of hydrogen-bond acceptors (Lipinski definition) is 4. The zero-order chi connectivity index (χ0) is 20.3. The second-order valence-electron chi connectivity index (χ2n) is 6.24. The summed E-state index contributed by atoms with van der Waals surface area (Å²) in [6, 6.07) is 12.6. The van der Waals surface area contributed by atoms with Gasteiger partial charge in [-0.3, -0.25) is 14.4 Å². The molecule has 0 N–H and O–H groups in total. The second kappa shape index (κ2) is 8.39. The SMILES string of the molecule is C=CCN(C(=O)c1ccc(OC)cc1)C1CC(=O)N(c2ccc(Br)cc2)C1=O. The van der Waals surface area contributed by atoms with Gasteiger partial charge in [0.2, 0.25) is 5.91 Å². The zero-order valence-corrected chi connectivity index (χ0v) is 16.9. The van der Waals surface area contributed by atoms with E-state index in [-0.39, 0.29) is 24.8 Å². The van der Waals surface area contributed by atoms with Crippen molar-refractivity contribution in [1.29, 1.82) is 0 Å². The van der Waals surface area contributed by atoms with Gasteiger partial charge in [0, 0.05) is 16.6 Å². The smallest absolute Gasteiger partial charge is 0.257 e. The second-order valence-corrected chi connectivity index (χ2v) is 7.15. The molecule has 144 valence electrons. The van der Waals surface area contributed by atoms with Gasteiger partial charge in [0.05, 0.1) is 19.2 Å². The summed E-state index contributed by atoms with van der Waals surface area (Å²) < 4.78 is 5.95. The molecule has 2 aromatic carbocycles. The fourth-order valence-corrected chi connectivity index (χ4v) is 3.38. The predicted molar refractivity (Wildman–Crippen MR) is 109 cm³/mol. The summed E-state index contributed by atoms with van der Waals surface area (Å²) in [5, 5.41) is 0. The van der Waals surface area contributed by atoms with E-state index in [2.05, 4.69) is 22.5 Å². The Labute approximate surface area is 171 Å². The molecular weight excluding hydrogens is 424 g/mol. The fourth-order valence-electron chi connectivity index (χ4n) is 3.11. The van der Waals surface area contributed by atoms with Gasteiger partial charge in [-0.05, 0) is 48.5 Å². The lowest BCUT2D eigenvalue weighted by atomic mass is 10.1. The average molecular weight is 443 g/mol. The maximum atomic E-state index is 13.0. The van der Waals surface area contributed by atoms with E-state index in [1.54, 1.807) is 61.7 Å². The Morgan fingerprint density at radius 2 is 1.86 bits per heavy atom. The number of anilines is 1. The molecule has 1 unspecified atom stereocenters. The number of ether oxygens (including phenoxy) is 1. The molecule has 1 saturated heterocycles. The van der Waals surface area contributed by atoms with Crippen LogP contribution in [0.15, 0.2) is 65.7 Å². The maximum absolute atomic E-state index is 13.0. The number of nitrogens with zero attached hydrogens (tertiary/aromatic N) is 2. The van der Waals surface area contributed by atoms with Gasteiger partial charge in [-0.15, -0.1) is 6.58 Å². The summed E-state index contributed by atoms with van der Waals surface area (Å²) >= 11 is 3.33. The molecule has 2 aromatic rings. The molecule has 1 heterocycles. The Morgan fingerprint density at radius 3 is 2.43 bits per heavy atom. The standard InChI is InChI=1S/C21H19BrN2O4/c1-3-12-23(20(26)14-4-10-17(28-2)11-5-14)18-13-19(25)24(21(18)27)16-8-6-15(22)7-9-16/h3-11,18H,1,12-13H2,2H3. The van der Waals surface area contributed by atoms with Crippen LogP contribution in [-0.2, 0) is 9.59 Å². The number of carbonyl (C=O) groups excluding carboxylic acids is 3. The first-order valence-electron chi connectivity index (χ1n) is 8.64. The first-order chi connectivity index (χ1) is 13.5. The molecule has 3 rings (SSSR count). The average Bonchev–Trinajstić information content (AvgIpc) is 3.00. The number of rotatable bonds is 6. The first-order valence-corrected chi connectivity index (χ1v) is 9.44. The molecule has 0 radical (unpaired) electrons. The van der Waals surface area contributed by atoms with Crippen LogP contribution in [0.5, 0.6) is 5.75 Å². The molecule has 0 spiro atoms. The van der Waals surface area contributed by atoms with Crippen LogP contribution in [0.2, 0.25) is 0 Å². The normalized spacial score (nSPS) is 16.2. The van der Waals surface area contributed by atoms with Gasteiger partial charge in [-0.1, -0.05) is 22.0 Å². The van der Waals surface area contributed by atoms with Crippen LogP contribution in [0.4, 0.5) is 5.69 Å². The van der Waals surface area contributed by atoms with Gasteiger partial charge in [-0.2, -0.15) is 0 Å². The number of imide groups is 1. The molecule has 7 heteroatoms. The van der Waals surface area contributed by atoms with E-state index in [1.165, 1.54) is 4.90 Å². The number of halogens is 1. The van der Waals surface area contributed by atoms with Crippen LogP contribution < -0.4 is 9.64 Å². The highest BCUT2D eigenvalue weighted by molar-refractivity contribution is 9.10. The highest BCUT2D eigenvalue weighted by Crippen LogP contribution is 2.28. The minimum atomic E-state index is -0.872. The van der Waals surface area contributed by atoms with Crippen molar-refractivity contribution in [3.63, 3.8) is 0 Å². The van der Waals surface area contributed by atoms with Gasteiger partial charge in [0.15, 0.2) is 0 Å². The Bertz CT molecular complexity index is 909. The van der Waals surface area contributed by atoms with Crippen LogP contribution >= 0.6 is 15.9 Å². The van der Waals surface area contributed by atoms with Gasteiger partial charge in [0.25, 0.3) is 11.8 Å². The molecule has 3 amide bonds. The van der Waals surface area contributed by atoms with Gasteiger partial charge in [0.1, 0.15) is 11.8 Å². The van der Waals surface area contributed by atoms with Crippen molar-refractivity contribution in [1.82, 2.24) is 4.90 Å². The third-order valence-corrected chi connectivity index (χ3v) is 5.04. The van der Waals surface area contributed by atoms with Crippen molar-refractivity contribution >= 4 is 39.3 Å². The largest absolute Gasteiger partial charge is 0.497 e. The van der Waals surface area contributed by atoms with Gasteiger partial charge in [-0.25, -0.2) is 4.90 Å². The quantitative estimate of drug-likeness (QED) is 0.507. The lowest BCUT2D eigenvalue weighted by Crippen LogP contribution is -2.45. The minimum Gasteiger partial charge on any atom is -0.497 e. The number of carbonyl (C=O) groups is 3. The summed E-state index contributed by atoms with van der Waals surface area (Å²) in [5.41, 5.74) is 0.890. The lowest BCUT2D eigenvalue weighted by Gasteiger charge is -2.26. The molecule has 1 aliphatic rings. The Balaban J connectivity index is 1.88. The maximum Gasteiger partial charge on any atom is 0.257 e. The van der Waals surface area contributed by atoms with Crippen LogP contribution in [-0.4, -0.2) is 42.3 Å². The van der Waals surface area contributed by atoms with Gasteiger partial charge >= 0.3 is 0 Å². The molecule has 1 aliphatic heterocycles. The Morgan fingerprint density at radius 1 is 1.21 bits per heavy atom. The zero-order valence-electron chi connectivity index (χ0n) is 15.3. The van der Waals surface area contributed by atoms with Gasteiger partial charge < -0.3 is 9.64 Å². The summed E-state index contributed by atoms with van der Waals surface area (Å²) in [4.78, 5) is 41.1. The monoisotopic (exact) mass is 442 g/mol. The van der Waals surface area contributed by atoms with Crippen LogP contribution in [0.1, 0.15) is 16.8 Å². The van der Waals surface area contributed by atoms with Crippen molar-refractivity contribution in [2.45, 2.75) is 12.5 Å². The van der Waals surface area contributed by atoms with Crippen LogP contribution in [0.25, 0.3) is 0 Å². The summed E-state index contributed by atoms with van der Waals surface area (Å²) in [7, 11) is 1.54.